The van der Waals surface area contributed by atoms with E-state index in [4.69, 9.17) is 14.1 Å². The third-order valence-corrected chi connectivity index (χ3v) is 6.89. The Morgan fingerprint density at radius 2 is 1.91 bits per heavy atom. The van der Waals surface area contributed by atoms with E-state index >= 15 is 0 Å². The molecule has 1 saturated heterocycles. The van der Waals surface area contributed by atoms with Gasteiger partial charge in [-0.05, 0) is 36.6 Å². The van der Waals surface area contributed by atoms with E-state index in [0.29, 0.717) is 18.7 Å². The van der Waals surface area contributed by atoms with Crippen molar-refractivity contribution in [3.63, 3.8) is 0 Å². The number of amides is 1. The van der Waals surface area contributed by atoms with E-state index in [1.54, 1.807) is 22.3 Å². The minimum atomic E-state index is -0.637. The lowest BCUT2D eigenvalue weighted by Crippen LogP contribution is -2.41. The predicted molar refractivity (Wildman–Crippen MR) is 123 cm³/mol. The van der Waals surface area contributed by atoms with Crippen LogP contribution in [0.5, 0.6) is 0 Å². The zero-order valence-electron chi connectivity index (χ0n) is 17.4. The van der Waals surface area contributed by atoms with Crippen molar-refractivity contribution < 1.29 is 18.7 Å². The summed E-state index contributed by atoms with van der Waals surface area (Å²) in [6.45, 7) is 0.945. The van der Waals surface area contributed by atoms with Crippen LogP contribution in [0.1, 0.15) is 34.3 Å². The molecule has 0 spiro atoms. The Bertz CT molecular complexity index is 1210. The summed E-state index contributed by atoms with van der Waals surface area (Å²) in [6.07, 6.45) is 3.35. The molecular formula is C25H22N2O4S. The molecule has 1 aliphatic heterocycles. The van der Waals surface area contributed by atoms with Crippen molar-refractivity contribution in [1.29, 1.82) is 0 Å². The van der Waals surface area contributed by atoms with Crippen molar-refractivity contribution in [2.75, 3.05) is 19.7 Å². The molecule has 0 radical (unpaired) electrons. The summed E-state index contributed by atoms with van der Waals surface area (Å²) in [7, 11) is 0. The van der Waals surface area contributed by atoms with Crippen LogP contribution in [-0.2, 0) is 9.53 Å². The lowest BCUT2D eigenvalue weighted by atomic mass is 9.99. The molecule has 6 nitrogen and oxygen atoms in total. The number of esters is 1. The number of aromatic nitrogens is 1. The Morgan fingerprint density at radius 3 is 2.75 bits per heavy atom. The number of ether oxygens (including phenoxy) is 1. The fourth-order valence-electron chi connectivity index (χ4n) is 4.07. The second kappa shape index (κ2) is 8.96. The fraction of sp³-hybridized carbons (Fsp3) is 0.240. The maximum atomic E-state index is 12.8. The van der Waals surface area contributed by atoms with E-state index in [9.17, 15) is 9.59 Å². The summed E-state index contributed by atoms with van der Waals surface area (Å²) >= 11 is 1.69. The molecule has 7 heteroatoms. The highest BCUT2D eigenvalue weighted by molar-refractivity contribution is 7.18. The average Bonchev–Trinajstić information content (AvgIpc) is 3.50. The van der Waals surface area contributed by atoms with Gasteiger partial charge in [0.1, 0.15) is 0 Å². The number of carbonyl (C=O) groups excluding carboxylic acids is 2. The Hall–Kier alpha value is -3.45. The molecule has 162 valence electrons. The smallest absolute Gasteiger partial charge is 0.375 e. The van der Waals surface area contributed by atoms with E-state index < -0.39 is 5.97 Å². The Balaban J connectivity index is 1.22. The predicted octanol–water partition coefficient (Wildman–Crippen LogP) is 5.12. The standard InChI is InChI=1S/C25H22N2O4S/c28-22(16-31-25(29)23-19(12-14-30-23)17-7-2-1-3-8-17)27-13-6-9-18(15-27)24-26-20-10-4-5-11-21(20)32-24/h1-5,7-8,10-12,14,18H,6,9,13,15-16H2. The molecular weight excluding hydrogens is 424 g/mol. The first kappa shape index (κ1) is 20.5. The molecule has 5 rings (SSSR count). The molecule has 2 aromatic carbocycles. The number of para-hydroxylation sites is 1. The minimum absolute atomic E-state index is 0.106. The molecule has 0 saturated carbocycles. The first-order valence-electron chi connectivity index (χ1n) is 10.6. The SMILES string of the molecule is O=C(OCC(=O)N1CCCC(c2nc3ccccc3s2)C1)c1occc1-c1ccccc1. The molecule has 1 aliphatic rings. The first-order chi connectivity index (χ1) is 15.7. The number of hydrogen-bond acceptors (Lipinski definition) is 6. The molecule has 3 heterocycles. The van der Waals surface area contributed by atoms with Gasteiger partial charge in [-0.1, -0.05) is 42.5 Å². The number of rotatable bonds is 5. The number of carbonyl (C=O) groups is 2. The Kier molecular flexibility index (Phi) is 5.73. The van der Waals surface area contributed by atoms with Crippen LogP contribution in [0.15, 0.2) is 71.3 Å². The van der Waals surface area contributed by atoms with Crippen molar-refractivity contribution in [1.82, 2.24) is 9.88 Å². The molecule has 4 aromatic rings. The van der Waals surface area contributed by atoms with Crippen LogP contribution in [0.4, 0.5) is 0 Å². The van der Waals surface area contributed by atoms with E-state index in [0.717, 1.165) is 33.6 Å². The summed E-state index contributed by atoms with van der Waals surface area (Å²) in [5.74, 6) is -0.524. The quantitative estimate of drug-likeness (QED) is 0.398. The van der Waals surface area contributed by atoms with Crippen molar-refractivity contribution in [2.45, 2.75) is 18.8 Å². The molecule has 0 aliphatic carbocycles. The van der Waals surface area contributed by atoms with Crippen molar-refractivity contribution in [3.8, 4) is 11.1 Å². The topological polar surface area (TPSA) is 72.6 Å². The highest BCUT2D eigenvalue weighted by atomic mass is 32.1. The van der Waals surface area contributed by atoms with Crippen molar-refractivity contribution in [3.05, 3.63) is 77.7 Å². The van der Waals surface area contributed by atoms with E-state index in [-0.39, 0.29) is 24.2 Å². The van der Waals surface area contributed by atoms with Gasteiger partial charge in [0.25, 0.3) is 5.91 Å². The van der Waals surface area contributed by atoms with Crippen LogP contribution in [0.2, 0.25) is 0 Å². The van der Waals surface area contributed by atoms with Gasteiger partial charge in [0.15, 0.2) is 6.61 Å². The summed E-state index contributed by atoms with van der Waals surface area (Å²) < 4.78 is 11.8. The van der Waals surface area contributed by atoms with Crippen molar-refractivity contribution in [2.24, 2.45) is 0 Å². The number of nitrogens with zero attached hydrogens (tertiary/aromatic N) is 2. The second-order valence-corrected chi connectivity index (χ2v) is 8.87. The zero-order chi connectivity index (χ0) is 21.9. The normalized spacial score (nSPS) is 16.2. The zero-order valence-corrected chi connectivity index (χ0v) is 18.2. The monoisotopic (exact) mass is 446 g/mol. The fourth-order valence-corrected chi connectivity index (χ4v) is 5.16. The van der Waals surface area contributed by atoms with E-state index in [1.807, 2.05) is 48.5 Å². The average molecular weight is 447 g/mol. The van der Waals surface area contributed by atoms with Crippen LogP contribution < -0.4 is 0 Å². The summed E-state index contributed by atoms with van der Waals surface area (Å²) in [5, 5.41) is 1.06. The number of thiazole rings is 1. The maximum absolute atomic E-state index is 12.8. The molecule has 2 aromatic heterocycles. The van der Waals surface area contributed by atoms with Crippen LogP contribution in [0.25, 0.3) is 21.3 Å². The van der Waals surface area contributed by atoms with Gasteiger partial charge in [-0.2, -0.15) is 0 Å². The molecule has 0 N–H and O–H groups in total. The Labute approximate surface area is 189 Å². The molecule has 1 fully saturated rings. The van der Waals surface area contributed by atoms with E-state index in [2.05, 4.69) is 6.07 Å². The van der Waals surface area contributed by atoms with Gasteiger partial charge in [0.05, 0.1) is 21.5 Å². The summed E-state index contributed by atoms with van der Waals surface area (Å²) in [6, 6.07) is 19.3. The second-order valence-electron chi connectivity index (χ2n) is 7.80. The molecule has 1 atom stereocenters. The lowest BCUT2D eigenvalue weighted by Gasteiger charge is -2.31. The van der Waals surface area contributed by atoms with Crippen LogP contribution in [0, 0.1) is 0 Å². The van der Waals surface area contributed by atoms with Gasteiger partial charge < -0.3 is 14.1 Å². The lowest BCUT2D eigenvalue weighted by molar-refractivity contribution is -0.135. The van der Waals surface area contributed by atoms with Gasteiger partial charge in [-0.25, -0.2) is 9.78 Å². The first-order valence-corrected chi connectivity index (χ1v) is 11.4. The van der Waals surface area contributed by atoms with Crippen LogP contribution in [0.3, 0.4) is 0 Å². The number of hydrogen-bond donors (Lipinski definition) is 0. The third-order valence-electron chi connectivity index (χ3n) is 5.70. The van der Waals surface area contributed by atoms with E-state index in [1.165, 1.54) is 6.26 Å². The Morgan fingerprint density at radius 1 is 1.09 bits per heavy atom. The minimum Gasteiger partial charge on any atom is -0.457 e. The van der Waals surface area contributed by atoms with Gasteiger partial charge in [0, 0.05) is 24.6 Å². The van der Waals surface area contributed by atoms with Gasteiger partial charge in [-0.3, -0.25) is 4.79 Å². The third kappa shape index (κ3) is 4.16. The van der Waals surface area contributed by atoms with Gasteiger partial charge >= 0.3 is 5.97 Å². The highest BCUT2D eigenvalue weighted by Crippen LogP contribution is 2.33. The largest absolute Gasteiger partial charge is 0.457 e. The van der Waals surface area contributed by atoms with Crippen molar-refractivity contribution >= 4 is 33.4 Å². The molecule has 0 bridgehead atoms. The number of piperidine rings is 1. The number of likely N-dealkylation sites (tertiary alicyclic amines) is 1. The number of benzene rings is 2. The van der Waals surface area contributed by atoms with Crippen LogP contribution in [-0.4, -0.2) is 41.5 Å². The van der Waals surface area contributed by atoms with Gasteiger partial charge in [0.2, 0.25) is 5.76 Å². The van der Waals surface area contributed by atoms with Gasteiger partial charge in [-0.15, -0.1) is 11.3 Å². The summed E-state index contributed by atoms with van der Waals surface area (Å²) in [5.41, 5.74) is 2.50. The molecule has 1 amide bonds. The number of furan rings is 1. The number of fused-ring (bicyclic) bond motifs is 1. The highest BCUT2D eigenvalue weighted by Gasteiger charge is 2.28. The maximum Gasteiger partial charge on any atom is 0.375 e. The molecule has 1 unspecified atom stereocenters. The molecule has 32 heavy (non-hydrogen) atoms. The summed E-state index contributed by atoms with van der Waals surface area (Å²) in [4.78, 5) is 31.9. The van der Waals surface area contributed by atoms with Crippen LogP contribution >= 0.6 is 11.3 Å².